The van der Waals surface area contributed by atoms with Crippen molar-refractivity contribution in [2.45, 2.75) is 38.6 Å². The third kappa shape index (κ3) is 4.15. The summed E-state index contributed by atoms with van der Waals surface area (Å²) >= 11 is 0. The van der Waals surface area contributed by atoms with Crippen molar-refractivity contribution in [2.75, 3.05) is 6.54 Å². The Bertz CT molecular complexity index is 412. The van der Waals surface area contributed by atoms with Gasteiger partial charge in [0, 0.05) is 18.2 Å². The third-order valence-corrected chi connectivity index (χ3v) is 2.65. The van der Waals surface area contributed by atoms with Crippen LogP contribution in [0.4, 0.5) is 0 Å². The normalized spacial score (nSPS) is 19.3. The van der Waals surface area contributed by atoms with Crippen molar-refractivity contribution in [1.82, 2.24) is 16.1 Å². The molecule has 1 fully saturated rings. The van der Waals surface area contributed by atoms with Gasteiger partial charge in [-0.15, -0.1) is 0 Å². The van der Waals surface area contributed by atoms with Crippen LogP contribution >= 0.6 is 0 Å². The molecule has 0 aromatic carbocycles. The van der Waals surface area contributed by atoms with Gasteiger partial charge in [0.2, 0.25) is 17.8 Å². The predicted octanol–water partition coefficient (Wildman–Crippen LogP) is -0.503. The molecule has 0 radical (unpaired) electrons. The Balaban J connectivity index is 1.65. The first-order valence-corrected chi connectivity index (χ1v) is 6.06. The SMILES string of the molecule is C/C(CCC(=O)NC1CC1)=N\NC1=NCC(=O)N1. The Morgan fingerprint density at radius 3 is 2.89 bits per heavy atom. The highest BCUT2D eigenvalue weighted by atomic mass is 16.2. The highest BCUT2D eigenvalue weighted by molar-refractivity contribution is 6.03. The third-order valence-electron chi connectivity index (χ3n) is 2.65. The van der Waals surface area contributed by atoms with Gasteiger partial charge in [0.15, 0.2) is 0 Å². The molecule has 0 spiro atoms. The molecule has 18 heavy (non-hydrogen) atoms. The Morgan fingerprint density at radius 1 is 1.50 bits per heavy atom. The van der Waals surface area contributed by atoms with Gasteiger partial charge in [-0.05, 0) is 26.2 Å². The van der Waals surface area contributed by atoms with Crippen LogP contribution in [0.2, 0.25) is 0 Å². The van der Waals surface area contributed by atoms with Crippen LogP contribution in [0.15, 0.2) is 10.1 Å². The molecule has 7 nitrogen and oxygen atoms in total. The van der Waals surface area contributed by atoms with Crippen molar-refractivity contribution in [3.05, 3.63) is 0 Å². The quantitative estimate of drug-likeness (QED) is 0.454. The summed E-state index contributed by atoms with van der Waals surface area (Å²) in [5.41, 5.74) is 3.46. The van der Waals surface area contributed by atoms with E-state index in [4.69, 9.17) is 0 Å². The van der Waals surface area contributed by atoms with Gasteiger partial charge in [-0.1, -0.05) is 0 Å². The van der Waals surface area contributed by atoms with Gasteiger partial charge in [0.1, 0.15) is 6.54 Å². The van der Waals surface area contributed by atoms with Crippen molar-refractivity contribution < 1.29 is 9.59 Å². The fourth-order valence-corrected chi connectivity index (χ4v) is 1.45. The minimum atomic E-state index is -0.144. The lowest BCUT2D eigenvalue weighted by Crippen LogP contribution is -2.34. The highest BCUT2D eigenvalue weighted by Crippen LogP contribution is 2.18. The Labute approximate surface area is 105 Å². The van der Waals surface area contributed by atoms with E-state index < -0.39 is 0 Å². The van der Waals surface area contributed by atoms with Gasteiger partial charge in [0.05, 0.1) is 0 Å². The second-order valence-electron chi connectivity index (χ2n) is 4.51. The van der Waals surface area contributed by atoms with E-state index >= 15 is 0 Å². The molecule has 2 rings (SSSR count). The highest BCUT2D eigenvalue weighted by Gasteiger charge is 2.22. The minimum Gasteiger partial charge on any atom is -0.353 e. The summed E-state index contributed by atoms with van der Waals surface area (Å²) in [5, 5.41) is 9.49. The standard InChI is InChI=1S/C11H17N5O2/c1-7(2-5-9(17)13-8-3-4-8)15-16-11-12-6-10(18)14-11/h8H,2-6H2,1H3,(H,13,17)(H2,12,14,16,18)/b15-7+. The van der Waals surface area contributed by atoms with E-state index in [1.54, 1.807) is 0 Å². The van der Waals surface area contributed by atoms with Crippen LogP contribution in [-0.4, -0.2) is 36.1 Å². The summed E-state index contributed by atoms with van der Waals surface area (Å²) in [5.74, 6) is 0.287. The van der Waals surface area contributed by atoms with E-state index in [1.165, 1.54) is 0 Å². The van der Waals surface area contributed by atoms with E-state index in [0.29, 0.717) is 24.8 Å². The van der Waals surface area contributed by atoms with E-state index in [-0.39, 0.29) is 18.4 Å². The molecule has 0 aromatic rings. The number of hydrogen-bond acceptors (Lipinski definition) is 5. The van der Waals surface area contributed by atoms with Gasteiger partial charge in [-0.2, -0.15) is 5.10 Å². The number of hydrazone groups is 1. The van der Waals surface area contributed by atoms with Gasteiger partial charge in [-0.25, -0.2) is 10.4 Å². The first kappa shape index (κ1) is 12.5. The second-order valence-corrected chi connectivity index (χ2v) is 4.51. The van der Waals surface area contributed by atoms with Crippen LogP contribution in [0.1, 0.15) is 32.6 Å². The molecule has 0 aromatic heterocycles. The number of nitrogens with one attached hydrogen (secondary N) is 3. The second kappa shape index (κ2) is 5.61. The maximum Gasteiger partial charge on any atom is 0.248 e. The number of hydrogen-bond donors (Lipinski definition) is 3. The first-order chi connectivity index (χ1) is 8.63. The van der Waals surface area contributed by atoms with Crippen molar-refractivity contribution in [2.24, 2.45) is 10.1 Å². The molecule has 0 atom stereocenters. The zero-order valence-electron chi connectivity index (χ0n) is 10.3. The lowest BCUT2D eigenvalue weighted by atomic mass is 10.2. The number of nitrogens with zero attached hydrogens (tertiary/aromatic N) is 2. The largest absolute Gasteiger partial charge is 0.353 e. The molecular weight excluding hydrogens is 234 g/mol. The van der Waals surface area contributed by atoms with E-state index in [1.807, 2.05) is 6.92 Å². The number of amides is 2. The van der Waals surface area contributed by atoms with Gasteiger partial charge in [-0.3, -0.25) is 14.9 Å². The molecule has 7 heteroatoms. The van der Waals surface area contributed by atoms with Crippen molar-refractivity contribution in [3.63, 3.8) is 0 Å². The number of guanidine groups is 1. The monoisotopic (exact) mass is 251 g/mol. The number of carbonyl (C=O) groups excluding carboxylic acids is 2. The number of rotatable bonds is 5. The van der Waals surface area contributed by atoms with Crippen LogP contribution in [0.3, 0.4) is 0 Å². The van der Waals surface area contributed by atoms with Crippen LogP contribution in [0.5, 0.6) is 0 Å². The molecule has 0 bridgehead atoms. The van der Waals surface area contributed by atoms with E-state index in [0.717, 1.165) is 18.6 Å². The molecule has 2 aliphatic rings. The van der Waals surface area contributed by atoms with Gasteiger partial charge < -0.3 is 5.32 Å². The molecular formula is C11H17N5O2. The Hall–Kier alpha value is -1.92. The molecule has 3 N–H and O–H groups in total. The maximum absolute atomic E-state index is 11.4. The predicted molar refractivity (Wildman–Crippen MR) is 67.1 cm³/mol. The zero-order valence-corrected chi connectivity index (χ0v) is 10.3. The van der Waals surface area contributed by atoms with Crippen LogP contribution in [0, 0.1) is 0 Å². The number of carbonyl (C=O) groups is 2. The molecule has 0 unspecified atom stereocenters. The number of aliphatic imine (C=N–C) groups is 1. The van der Waals surface area contributed by atoms with Crippen molar-refractivity contribution in [3.8, 4) is 0 Å². The lowest BCUT2D eigenvalue weighted by molar-refractivity contribution is -0.121. The minimum absolute atomic E-state index is 0.0681. The van der Waals surface area contributed by atoms with Crippen molar-refractivity contribution in [1.29, 1.82) is 0 Å². The zero-order chi connectivity index (χ0) is 13.0. The Morgan fingerprint density at radius 2 is 2.28 bits per heavy atom. The topological polar surface area (TPSA) is 94.9 Å². The average Bonchev–Trinajstić information content (AvgIpc) is 3.04. The van der Waals surface area contributed by atoms with Crippen LogP contribution in [-0.2, 0) is 9.59 Å². The van der Waals surface area contributed by atoms with E-state index in [2.05, 4.69) is 26.2 Å². The van der Waals surface area contributed by atoms with E-state index in [9.17, 15) is 9.59 Å². The molecule has 0 saturated heterocycles. The lowest BCUT2D eigenvalue weighted by Gasteiger charge is -2.04. The summed E-state index contributed by atoms with van der Waals surface area (Å²) < 4.78 is 0. The summed E-state index contributed by atoms with van der Waals surface area (Å²) in [6, 6.07) is 0.399. The fraction of sp³-hybridized carbons (Fsp3) is 0.636. The summed E-state index contributed by atoms with van der Waals surface area (Å²) in [7, 11) is 0. The summed E-state index contributed by atoms with van der Waals surface area (Å²) in [6.07, 6.45) is 3.22. The van der Waals surface area contributed by atoms with Crippen LogP contribution < -0.4 is 16.1 Å². The van der Waals surface area contributed by atoms with Gasteiger partial charge in [0.25, 0.3) is 0 Å². The smallest absolute Gasteiger partial charge is 0.248 e. The maximum atomic E-state index is 11.4. The Kier molecular flexibility index (Phi) is 3.91. The molecule has 1 aliphatic carbocycles. The van der Waals surface area contributed by atoms with Crippen molar-refractivity contribution >= 4 is 23.5 Å². The molecule has 98 valence electrons. The molecule has 1 saturated carbocycles. The summed E-state index contributed by atoms with van der Waals surface area (Å²) in [4.78, 5) is 26.2. The fourth-order valence-electron chi connectivity index (χ4n) is 1.45. The molecule has 2 amide bonds. The first-order valence-electron chi connectivity index (χ1n) is 6.06. The summed E-state index contributed by atoms with van der Waals surface area (Å²) in [6.45, 7) is 1.97. The average molecular weight is 251 g/mol. The molecule has 1 aliphatic heterocycles. The van der Waals surface area contributed by atoms with Crippen LogP contribution in [0.25, 0.3) is 0 Å². The van der Waals surface area contributed by atoms with Gasteiger partial charge >= 0.3 is 0 Å². The molecule has 1 heterocycles.